The predicted molar refractivity (Wildman–Crippen MR) is 83.9 cm³/mol. The second-order valence-corrected chi connectivity index (χ2v) is 12.3. The van der Waals surface area contributed by atoms with E-state index in [-0.39, 0.29) is 6.61 Å². The van der Waals surface area contributed by atoms with E-state index < -0.39 is 13.9 Å². The second-order valence-electron chi connectivity index (χ2n) is 6.89. The third-order valence-electron chi connectivity index (χ3n) is 4.35. The number of hydrogen-bond donors (Lipinski definition) is 2. The molecule has 0 rings (SSSR count). The lowest BCUT2D eigenvalue weighted by atomic mass is 10.00. The molecule has 0 bridgehead atoms. The zero-order valence-electron chi connectivity index (χ0n) is 13.9. The molecule has 2 N–H and O–H groups in total. The van der Waals surface area contributed by atoms with Crippen LogP contribution in [0.1, 0.15) is 61.3 Å². The zero-order valence-corrected chi connectivity index (χ0v) is 14.9. The van der Waals surface area contributed by atoms with Crippen LogP contribution in [0.25, 0.3) is 0 Å². The molecule has 116 valence electrons. The summed E-state index contributed by atoms with van der Waals surface area (Å²) in [5.41, 5.74) is 0.876. The lowest BCUT2D eigenvalue weighted by Crippen LogP contribution is -2.48. The summed E-state index contributed by atoms with van der Waals surface area (Å²) in [7, 11) is -1.82. The van der Waals surface area contributed by atoms with Gasteiger partial charge < -0.3 is 14.6 Å². The Balaban J connectivity index is 4.69. The molecule has 19 heavy (non-hydrogen) atoms. The van der Waals surface area contributed by atoms with E-state index in [2.05, 4.69) is 41.5 Å². The third-order valence-corrected chi connectivity index (χ3v) is 10.5. The summed E-state index contributed by atoms with van der Waals surface area (Å²) < 4.78 is 6.39. The van der Waals surface area contributed by atoms with Gasteiger partial charge in [-0.2, -0.15) is 0 Å². The molecule has 0 aliphatic rings. The van der Waals surface area contributed by atoms with Crippen molar-refractivity contribution in [3.63, 3.8) is 0 Å². The van der Waals surface area contributed by atoms with Crippen LogP contribution in [-0.4, -0.2) is 37.3 Å². The summed E-state index contributed by atoms with van der Waals surface area (Å²) in [6, 6.07) is 0. The van der Waals surface area contributed by atoms with Crippen LogP contribution in [0, 0.1) is 0 Å². The van der Waals surface area contributed by atoms with E-state index in [0.717, 1.165) is 0 Å². The van der Waals surface area contributed by atoms with Gasteiger partial charge in [-0.15, -0.1) is 0 Å². The smallest absolute Gasteiger partial charge is 0.200 e. The van der Waals surface area contributed by atoms with Crippen LogP contribution in [0.2, 0.25) is 16.6 Å². The molecule has 0 spiro atoms. The van der Waals surface area contributed by atoms with Gasteiger partial charge in [-0.1, -0.05) is 41.5 Å². The van der Waals surface area contributed by atoms with Gasteiger partial charge in [-0.25, -0.2) is 0 Å². The molecule has 1 atom stereocenters. The fraction of sp³-hybridized carbons (Fsp3) is 1.00. The van der Waals surface area contributed by atoms with Gasteiger partial charge >= 0.3 is 0 Å². The molecule has 1 unspecified atom stereocenters. The molecule has 0 aromatic rings. The molecule has 4 heteroatoms. The number of hydrogen-bond acceptors (Lipinski definition) is 3. The summed E-state index contributed by atoms with van der Waals surface area (Å²) >= 11 is 0. The summed E-state index contributed by atoms with van der Waals surface area (Å²) in [5, 5.41) is 19.0. The molecular formula is C15H34O3Si. The van der Waals surface area contributed by atoms with Crippen LogP contribution < -0.4 is 0 Å². The van der Waals surface area contributed by atoms with E-state index in [0.29, 0.717) is 36.1 Å². The van der Waals surface area contributed by atoms with Crippen molar-refractivity contribution in [3.8, 4) is 0 Å². The van der Waals surface area contributed by atoms with Crippen molar-refractivity contribution >= 4 is 8.32 Å². The molecule has 0 aromatic heterocycles. The quantitative estimate of drug-likeness (QED) is 0.637. The van der Waals surface area contributed by atoms with Crippen molar-refractivity contribution in [3.05, 3.63) is 0 Å². The van der Waals surface area contributed by atoms with Crippen molar-refractivity contribution < 1.29 is 14.6 Å². The third kappa shape index (κ3) is 5.18. The first-order valence-electron chi connectivity index (χ1n) is 7.57. The highest BCUT2D eigenvalue weighted by molar-refractivity contribution is 6.77. The zero-order chi connectivity index (χ0) is 15.3. The van der Waals surface area contributed by atoms with Crippen LogP contribution in [0.4, 0.5) is 0 Å². The number of rotatable bonds is 9. The first-order chi connectivity index (χ1) is 8.60. The van der Waals surface area contributed by atoms with Crippen LogP contribution >= 0.6 is 0 Å². The Morgan fingerprint density at radius 2 is 1.37 bits per heavy atom. The Kier molecular flexibility index (Phi) is 7.81. The molecular weight excluding hydrogens is 256 g/mol. The normalized spacial score (nSPS) is 16.4. The molecule has 0 saturated carbocycles. The maximum Gasteiger partial charge on any atom is 0.200 e. The van der Waals surface area contributed by atoms with E-state index in [1.165, 1.54) is 0 Å². The molecule has 0 aliphatic heterocycles. The Hall–Kier alpha value is 0.0969. The minimum atomic E-state index is -1.82. The van der Waals surface area contributed by atoms with Gasteiger partial charge in [-0.05, 0) is 36.4 Å². The van der Waals surface area contributed by atoms with E-state index in [1.807, 2.05) is 0 Å². The van der Waals surface area contributed by atoms with Crippen molar-refractivity contribution in [1.29, 1.82) is 0 Å². The largest absolute Gasteiger partial charge is 0.416 e. The van der Waals surface area contributed by atoms with E-state index in [1.54, 1.807) is 6.92 Å². The van der Waals surface area contributed by atoms with Crippen molar-refractivity contribution in [2.75, 3.05) is 13.2 Å². The molecule has 0 radical (unpaired) electrons. The standard InChI is InChI=1S/C15H34O3Si/c1-12(2)19(13(3)4,14(5)6)18-11-9-15(7,17)8-10-16/h12-14,16-17H,8-11H2,1-7H3. The van der Waals surface area contributed by atoms with Gasteiger partial charge in [0.25, 0.3) is 0 Å². The predicted octanol–water partition coefficient (Wildman–Crippen LogP) is 3.70. The van der Waals surface area contributed by atoms with E-state index in [9.17, 15) is 5.11 Å². The Bertz CT molecular complexity index is 228. The average Bonchev–Trinajstić information content (AvgIpc) is 2.22. The number of aliphatic hydroxyl groups excluding tert-OH is 1. The second kappa shape index (κ2) is 7.77. The summed E-state index contributed by atoms with van der Waals surface area (Å²) in [6.45, 7) is 16.0. The van der Waals surface area contributed by atoms with Crippen LogP contribution in [0.15, 0.2) is 0 Å². The van der Waals surface area contributed by atoms with Gasteiger partial charge in [0.2, 0.25) is 0 Å². The highest BCUT2D eigenvalue weighted by Crippen LogP contribution is 2.42. The topological polar surface area (TPSA) is 49.7 Å². The minimum absolute atomic E-state index is 0.0219. The van der Waals surface area contributed by atoms with Crippen molar-refractivity contribution in [1.82, 2.24) is 0 Å². The molecule has 0 amide bonds. The highest BCUT2D eigenvalue weighted by atomic mass is 28.4. The maximum absolute atomic E-state index is 10.1. The Labute approximate surface area is 120 Å². The molecule has 0 saturated heterocycles. The van der Waals surface area contributed by atoms with E-state index in [4.69, 9.17) is 9.53 Å². The van der Waals surface area contributed by atoms with Crippen molar-refractivity contribution in [2.24, 2.45) is 0 Å². The SMILES string of the molecule is CC(C)[Si](OCCC(C)(O)CCO)(C(C)C)C(C)C. The first kappa shape index (κ1) is 19.1. The van der Waals surface area contributed by atoms with Crippen LogP contribution in [-0.2, 0) is 4.43 Å². The van der Waals surface area contributed by atoms with Crippen LogP contribution in [0.5, 0.6) is 0 Å². The molecule has 0 aromatic carbocycles. The molecule has 0 fully saturated rings. The highest BCUT2D eigenvalue weighted by Gasteiger charge is 2.45. The summed E-state index contributed by atoms with van der Waals surface area (Å²) in [5.74, 6) is 0. The fourth-order valence-corrected chi connectivity index (χ4v) is 8.77. The van der Waals surface area contributed by atoms with Crippen molar-refractivity contribution in [2.45, 2.75) is 83.5 Å². The van der Waals surface area contributed by atoms with Gasteiger partial charge in [0.1, 0.15) is 0 Å². The lowest BCUT2D eigenvalue weighted by molar-refractivity contribution is 0.0125. The molecule has 0 aliphatic carbocycles. The summed E-state index contributed by atoms with van der Waals surface area (Å²) in [4.78, 5) is 0. The monoisotopic (exact) mass is 290 g/mol. The number of aliphatic hydroxyl groups is 2. The molecule has 0 heterocycles. The van der Waals surface area contributed by atoms with Gasteiger partial charge in [-0.3, -0.25) is 0 Å². The lowest BCUT2D eigenvalue weighted by Gasteiger charge is -2.42. The first-order valence-corrected chi connectivity index (χ1v) is 9.71. The summed E-state index contributed by atoms with van der Waals surface area (Å²) in [6.07, 6.45) is 1.00. The van der Waals surface area contributed by atoms with Crippen LogP contribution in [0.3, 0.4) is 0 Å². The van der Waals surface area contributed by atoms with Gasteiger partial charge in [0.15, 0.2) is 8.32 Å². The fourth-order valence-electron chi connectivity index (χ4n) is 3.31. The maximum atomic E-state index is 10.1. The average molecular weight is 291 g/mol. The van der Waals surface area contributed by atoms with E-state index >= 15 is 0 Å². The molecule has 3 nitrogen and oxygen atoms in total. The Morgan fingerprint density at radius 1 is 0.947 bits per heavy atom. The Morgan fingerprint density at radius 3 is 1.68 bits per heavy atom. The van der Waals surface area contributed by atoms with Gasteiger partial charge in [0, 0.05) is 13.2 Å². The minimum Gasteiger partial charge on any atom is -0.416 e. The van der Waals surface area contributed by atoms with Gasteiger partial charge in [0.05, 0.1) is 5.60 Å².